The predicted octanol–water partition coefficient (Wildman–Crippen LogP) is 3.89. The third-order valence-electron chi connectivity index (χ3n) is 6.65. The first-order valence-corrected chi connectivity index (χ1v) is 12.2. The largest absolute Gasteiger partial charge is 0.378 e. The van der Waals surface area contributed by atoms with Gasteiger partial charge in [0.15, 0.2) is 5.65 Å². The van der Waals surface area contributed by atoms with Crippen molar-refractivity contribution in [2.75, 3.05) is 55.4 Å². The van der Waals surface area contributed by atoms with Crippen molar-refractivity contribution in [3.63, 3.8) is 0 Å². The van der Waals surface area contributed by atoms with Crippen LogP contribution in [0, 0.1) is 11.6 Å². The summed E-state index contributed by atoms with van der Waals surface area (Å²) in [5.74, 6) is -0.547. The van der Waals surface area contributed by atoms with Crippen molar-refractivity contribution in [2.24, 2.45) is 0 Å². The molecule has 4 aromatic rings. The lowest BCUT2D eigenvalue weighted by Crippen LogP contribution is -2.52. The van der Waals surface area contributed by atoms with E-state index in [0.29, 0.717) is 43.3 Å². The highest BCUT2D eigenvalue weighted by molar-refractivity contribution is 5.87. The van der Waals surface area contributed by atoms with Crippen molar-refractivity contribution in [3.8, 4) is 11.3 Å². The third kappa shape index (κ3) is 4.91. The summed E-state index contributed by atoms with van der Waals surface area (Å²) >= 11 is 0. The van der Waals surface area contributed by atoms with Crippen LogP contribution in [0.4, 0.5) is 26.0 Å². The minimum Gasteiger partial charge on any atom is -0.378 e. The quantitative estimate of drug-likeness (QED) is 0.429. The molecule has 1 saturated heterocycles. The van der Waals surface area contributed by atoms with Crippen molar-refractivity contribution in [1.82, 2.24) is 19.3 Å². The Morgan fingerprint density at radius 1 is 1.05 bits per heavy atom. The minimum atomic E-state index is -0.605. The van der Waals surface area contributed by atoms with Crippen molar-refractivity contribution < 1.29 is 13.6 Å². The fourth-order valence-corrected chi connectivity index (χ4v) is 4.61. The first kappa shape index (κ1) is 24.5. The molecule has 10 heteroatoms. The molecule has 0 bridgehead atoms. The lowest BCUT2D eigenvalue weighted by atomic mass is 10.1. The molecule has 3 heterocycles. The number of carbonyl (C=O) groups excluding carboxylic acids is 1. The van der Waals surface area contributed by atoms with Gasteiger partial charge in [-0.05, 0) is 31.2 Å². The fraction of sp³-hybridized carbons (Fsp3) is 0.296. The van der Waals surface area contributed by atoms with Crippen LogP contribution in [-0.4, -0.2) is 71.5 Å². The zero-order chi connectivity index (χ0) is 26.1. The Kier molecular flexibility index (Phi) is 6.64. The SMILES string of the molecule is CC(Nc1c(-c2ccc(N(C)C)cc2)nc2cnccn12)C(=O)N1CCN(c2ccc(F)cc2F)CC1. The second-order valence-corrected chi connectivity index (χ2v) is 9.33. The van der Waals surface area contributed by atoms with E-state index in [-0.39, 0.29) is 5.91 Å². The molecule has 1 N–H and O–H groups in total. The molecule has 5 rings (SSSR count). The predicted molar refractivity (Wildman–Crippen MR) is 141 cm³/mol. The molecule has 0 saturated carbocycles. The summed E-state index contributed by atoms with van der Waals surface area (Å²) in [5.41, 5.74) is 3.75. The molecule has 1 amide bonds. The molecule has 1 atom stereocenters. The zero-order valence-electron chi connectivity index (χ0n) is 21.0. The summed E-state index contributed by atoms with van der Waals surface area (Å²) in [6.07, 6.45) is 5.18. The Labute approximate surface area is 214 Å². The van der Waals surface area contributed by atoms with Crippen LogP contribution in [0.25, 0.3) is 16.9 Å². The molecule has 192 valence electrons. The van der Waals surface area contributed by atoms with Crippen molar-refractivity contribution in [1.29, 1.82) is 0 Å². The summed E-state index contributed by atoms with van der Waals surface area (Å²) in [7, 11) is 3.98. The Balaban J connectivity index is 1.33. The second kappa shape index (κ2) is 10.0. The number of piperazine rings is 1. The molecule has 1 aliphatic rings. The first-order chi connectivity index (χ1) is 17.8. The highest BCUT2D eigenvalue weighted by atomic mass is 19.1. The third-order valence-corrected chi connectivity index (χ3v) is 6.65. The topological polar surface area (TPSA) is 69.0 Å². The number of imidazole rings is 1. The van der Waals surface area contributed by atoms with Gasteiger partial charge in [0.05, 0.1) is 11.9 Å². The molecule has 0 radical (unpaired) electrons. The molecule has 2 aromatic carbocycles. The fourth-order valence-electron chi connectivity index (χ4n) is 4.61. The Bertz CT molecular complexity index is 1410. The lowest BCUT2D eigenvalue weighted by molar-refractivity contribution is -0.131. The smallest absolute Gasteiger partial charge is 0.244 e. The summed E-state index contributed by atoms with van der Waals surface area (Å²) in [6.45, 7) is 3.64. The highest BCUT2D eigenvalue weighted by Gasteiger charge is 2.27. The van der Waals surface area contributed by atoms with Gasteiger partial charge in [-0.15, -0.1) is 0 Å². The van der Waals surface area contributed by atoms with Gasteiger partial charge in [0.2, 0.25) is 5.91 Å². The number of hydrogen-bond acceptors (Lipinski definition) is 6. The summed E-state index contributed by atoms with van der Waals surface area (Å²) in [6, 6.07) is 11.1. The molecule has 2 aromatic heterocycles. The average Bonchev–Trinajstić information content (AvgIpc) is 3.26. The Morgan fingerprint density at radius 2 is 1.78 bits per heavy atom. The number of benzene rings is 2. The van der Waals surface area contributed by atoms with Gasteiger partial charge in [0, 0.05) is 70.0 Å². The maximum absolute atomic E-state index is 14.2. The van der Waals surface area contributed by atoms with E-state index in [0.717, 1.165) is 23.0 Å². The maximum atomic E-state index is 14.2. The Hall–Kier alpha value is -4.21. The van der Waals surface area contributed by atoms with Crippen LogP contribution < -0.4 is 15.1 Å². The molecular formula is C27H29F2N7O. The molecule has 1 unspecified atom stereocenters. The van der Waals surface area contributed by atoms with Crippen LogP contribution in [-0.2, 0) is 4.79 Å². The molecule has 37 heavy (non-hydrogen) atoms. The monoisotopic (exact) mass is 505 g/mol. The minimum absolute atomic E-state index is 0.0582. The highest BCUT2D eigenvalue weighted by Crippen LogP contribution is 2.30. The van der Waals surface area contributed by atoms with Gasteiger partial charge in [-0.1, -0.05) is 12.1 Å². The van der Waals surface area contributed by atoms with Crippen molar-refractivity contribution >= 4 is 28.7 Å². The number of halogens is 2. The molecule has 0 spiro atoms. The van der Waals surface area contributed by atoms with Gasteiger partial charge in [0.25, 0.3) is 0 Å². The van der Waals surface area contributed by atoms with Crippen LogP contribution in [0.2, 0.25) is 0 Å². The normalized spacial score (nSPS) is 14.6. The number of amides is 1. The van der Waals surface area contributed by atoms with Crippen LogP contribution in [0.5, 0.6) is 0 Å². The van der Waals surface area contributed by atoms with Crippen molar-refractivity contribution in [2.45, 2.75) is 13.0 Å². The molecular weight excluding hydrogens is 476 g/mol. The first-order valence-electron chi connectivity index (χ1n) is 12.2. The zero-order valence-corrected chi connectivity index (χ0v) is 21.0. The number of anilines is 3. The van der Waals surface area contributed by atoms with Gasteiger partial charge >= 0.3 is 0 Å². The van der Waals surface area contributed by atoms with Gasteiger partial charge in [-0.3, -0.25) is 14.2 Å². The van der Waals surface area contributed by atoms with E-state index in [9.17, 15) is 13.6 Å². The van der Waals surface area contributed by atoms with Crippen LogP contribution in [0.15, 0.2) is 61.1 Å². The molecule has 1 aliphatic heterocycles. The number of fused-ring (bicyclic) bond motifs is 1. The Morgan fingerprint density at radius 3 is 2.46 bits per heavy atom. The standard InChI is InChI=1S/C27H29F2N7O/c1-18(27(37)35-14-12-34(13-15-35)23-9-6-20(28)16-22(23)29)31-26-25(32-24-17-30-10-11-36(24)26)19-4-7-21(8-5-19)33(2)3/h4-11,16-18,31H,12-15H2,1-3H3. The van der Waals surface area contributed by atoms with E-state index < -0.39 is 17.7 Å². The molecule has 1 fully saturated rings. The van der Waals surface area contributed by atoms with Crippen LogP contribution >= 0.6 is 0 Å². The summed E-state index contributed by atoms with van der Waals surface area (Å²) < 4.78 is 29.4. The van der Waals surface area contributed by atoms with Crippen molar-refractivity contribution in [3.05, 3.63) is 72.7 Å². The van der Waals surface area contributed by atoms with E-state index in [4.69, 9.17) is 4.98 Å². The summed E-state index contributed by atoms with van der Waals surface area (Å²) in [4.78, 5) is 27.9. The van der Waals surface area contributed by atoms with E-state index in [1.807, 2.05) is 65.7 Å². The number of nitrogens with one attached hydrogen (secondary N) is 1. The van der Waals surface area contributed by atoms with E-state index in [1.54, 1.807) is 17.3 Å². The summed E-state index contributed by atoms with van der Waals surface area (Å²) in [5, 5.41) is 3.38. The number of hydrogen-bond donors (Lipinski definition) is 1. The van der Waals surface area contributed by atoms with Gasteiger partial charge in [0.1, 0.15) is 29.2 Å². The number of nitrogens with zero attached hydrogens (tertiary/aromatic N) is 6. The van der Waals surface area contributed by atoms with Gasteiger partial charge in [-0.2, -0.15) is 0 Å². The van der Waals surface area contributed by atoms with Crippen LogP contribution in [0.3, 0.4) is 0 Å². The second-order valence-electron chi connectivity index (χ2n) is 9.33. The van der Waals surface area contributed by atoms with Crippen LogP contribution in [0.1, 0.15) is 6.92 Å². The number of rotatable bonds is 6. The average molecular weight is 506 g/mol. The lowest BCUT2D eigenvalue weighted by Gasteiger charge is -2.37. The van der Waals surface area contributed by atoms with E-state index in [2.05, 4.69) is 10.3 Å². The van der Waals surface area contributed by atoms with Gasteiger partial charge in [-0.25, -0.2) is 13.8 Å². The molecule has 8 nitrogen and oxygen atoms in total. The number of carbonyl (C=O) groups is 1. The van der Waals surface area contributed by atoms with Gasteiger partial charge < -0.3 is 20.0 Å². The molecule has 0 aliphatic carbocycles. The number of aromatic nitrogens is 3. The maximum Gasteiger partial charge on any atom is 0.244 e. The van der Waals surface area contributed by atoms with E-state index in [1.165, 1.54) is 12.1 Å². The van der Waals surface area contributed by atoms with E-state index >= 15 is 0 Å².